The van der Waals surface area contributed by atoms with Crippen molar-refractivity contribution in [2.45, 2.75) is 12.6 Å². The molecule has 0 bridgehead atoms. The van der Waals surface area contributed by atoms with Crippen LogP contribution < -0.4 is 10.6 Å². The lowest BCUT2D eigenvalue weighted by Crippen LogP contribution is -2.31. The van der Waals surface area contributed by atoms with Gasteiger partial charge in [-0.1, -0.05) is 29.3 Å². The van der Waals surface area contributed by atoms with E-state index in [9.17, 15) is 9.18 Å². The van der Waals surface area contributed by atoms with Crippen molar-refractivity contribution in [1.82, 2.24) is 0 Å². The van der Waals surface area contributed by atoms with E-state index in [1.54, 1.807) is 24.3 Å². The number of anilines is 1. The lowest BCUT2D eigenvalue weighted by atomic mass is 10.1. The minimum Gasteiger partial charge on any atom is -0.316 e. The molecule has 2 N–H and O–H groups in total. The van der Waals surface area contributed by atoms with Gasteiger partial charge in [-0.2, -0.15) is 0 Å². The zero-order valence-corrected chi connectivity index (χ0v) is 12.3. The summed E-state index contributed by atoms with van der Waals surface area (Å²) in [6.07, 6.45) is 0. The molecule has 0 saturated carbocycles. The highest BCUT2D eigenvalue weighted by molar-refractivity contribution is 6.42. The molecule has 0 saturated heterocycles. The van der Waals surface area contributed by atoms with Gasteiger partial charge >= 0.3 is 0 Å². The van der Waals surface area contributed by atoms with E-state index < -0.39 is 11.9 Å². The Morgan fingerprint density at radius 2 is 1.90 bits per heavy atom. The van der Waals surface area contributed by atoms with Gasteiger partial charge in [0.1, 0.15) is 11.9 Å². The highest BCUT2D eigenvalue weighted by atomic mass is 35.5. The molecule has 108 valence electrons. The van der Waals surface area contributed by atoms with Crippen LogP contribution in [0.2, 0.25) is 10.0 Å². The number of amides is 1. The first kappa shape index (κ1) is 14.3. The molecule has 0 aromatic heterocycles. The van der Waals surface area contributed by atoms with E-state index in [0.29, 0.717) is 27.8 Å². The maximum Gasteiger partial charge on any atom is 0.248 e. The number of nitrogens with zero attached hydrogens (tertiary/aromatic N) is 1. The fourth-order valence-electron chi connectivity index (χ4n) is 2.42. The molecule has 1 aliphatic heterocycles. The summed E-state index contributed by atoms with van der Waals surface area (Å²) in [6, 6.07) is 8.49. The van der Waals surface area contributed by atoms with E-state index in [0.717, 1.165) is 5.56 Å². The van der Waals surface area contributed by atoms with Crippen molar-refractivity contribution in [3.05, 3.63) is 63.4 Å². The largest absolute Gasteiger partial charge is 0.316 e. The van der Waals surface area contributed by atoms with Gasteiger partial charge in [-0.05, 0) is 35.9 Å². The molecule has 0 unspecified atom stereocenters. The van der Waals surface area contributed by atoms with Crippen LogP contribution in [-0.2, 0) is 11.3 Å². The van der Waals surface area contributed by atoms with E-state index >= 15 is 0 Å². The van der Waals surface area contributed by atoms with E-state index in [2.05, 4.69) is 0 Å². The maximum atomic E-state index is 13.3. The third-order valence-electron chi connectivity index (χ3n) is 3.47. The van der Waals surface area contributed by atoms with Crippen LogP contribution in [0.1, 0.15) is 17.2 Å². The lowest BCUT2D eigenvalue weighted by molar-refractivity contribution is -0.119. The molecule has 2 aromatic carbocycles. The van der Waals surface area contributed by atoms with Crippen molar-refractivity contribution in [2.24, 2.45) is 5.73 Å². The van der Waals surface area contributed by atoms with Crippen LogP contribution >= 0.6 is 23.2 Å². The Morgan fingerprint density at radius 3 is 2.62 bits per heavy atom. The summed E-state index contributed by atoms with van der Waals surface area (Å²) in [4.78, 5) is 13.8. The van der Waals surface area contributed by atoms with Crippen LogP contribution in [-0.4, -0.2) is 5.91 Å². The second-order valence-corrected chi connectivity index (χ2v) is 5.67. The molecule has 1 heterocycles. The zero-order valence-electron chi connectivity index (χ0n) is 10.8. The van der Waals surface area contributed by atoms with Gasteiger partial charge in [0, 0.05) is 11.3 Å². The molecule has 0 fully saturated rings. The number of benzene rings is 2. The summed E-state index contributed by atoms with van der Waals surface area (Å²) in [7, 11) is 0. The first-order chi connectivity index (χ1) is 9.97. The summed E-state index contributed by atoms with van der Waals surface area (Å²) in [5.74, 6) is -0.671. The molecule has 1 atom stereocenters. The third kappa shape index (κ3) is 2.50. The van der Waals surface area contributed by atoms with E-state index in [4.69, 9.17) is 28.9 Å². The average Bonchev–Trinajstić information content (AvgIpc) is 2.68. The standard InChI is InChI=1S/C15H11Cl2FN2O/c16-11-3-1-8(5-12(11)17)7-20-13-4-2-9(18)6-10(13)14(19)15(20)21/h1-6,14H,7,19H2/t14-/m0/s1. The van der Waals surface area contributed by atoms with Gasteiger partial charge in [0.25, 0.3) is 0 Å². The van der Waals surface area contributed by atoms with Gasteiger partial charge in [-0.3, -0.25) is 4.79 Å². The number of hydrogen-bond acceptors (Lipinski definition) is 2. The normalized spacial score (nSPS) is 17.2. The fourth-order valence-corrected chi connectivity index (χ4v) is 2.74. The van der Waals surface area contributed by atoms with Gasteiger partial charge in [-0.25, -0.2) is 4.39 Å². The number of nitrogens with two attached hydrogens (primary N) is 1. The molecule has 0 aliphatic carbocycles. The molecule has 2 aromatic rings. The predicted molar refractivity (Wildman–Crippen MR) is 81.0 cm³/mol. The second kappa shape index (κ2) is 5.30. The Bertz CT molecular complexity index is 736. The predicted octanol–water partition coefficient (Wildman–Crippen LogP) is 3.68. The van der Waals surface area contributed by atoms with E-state index in [1.165, 1.54) is 17.0 Å². The highest BCUT2D eigenvalue weighted by Gasteiger charge is 2.35. The molecule has 1 aliphatic rings. The Morgan fingerprint density at radius 1 is 1.14 bits per heavy atom. The highest BCUT2D eigenvalue weighted by Crippen LogP contribution is 2.36. The van der Waals surface area contributed by atoms with Crippen LogP contribution in [0, 0.1) is 5.82 Å². The molecule has 3 nitrogen and oxygen atoms in total. The number of carbonyl (C=O) groups excluding carboxylic acids is 1. The molecule has 6 heteroatoms. The van der Waals surface area contributed by atoms with Crippen molar-refractivity contribution in [2.75, 3.05) is 4.90 Å². The lowest BCUT2D eigenvalue weighted by Gasteiger charge is -2.18. The minimum atomic E-state index is -0.835. The first-order valence-corrected chi connectivity index (χ1v) is 7.03. The molecule has 21 heavy (non-hydrogen) atoms. The van der Waals surface area contributed by atoms with E-state index in [-0.39, 0.29) is 5.91 Å². The quantitative estimate of drug-likeness (QED) is 0.915. The van der Waals surface area contributed by atoms with Crippen molar-refractivity contribution >= 4 is 34.8 Å². The average molecular weight is 325 g/mol. The smallest absolute Gasteiger partial charge is 0.248 e. The van der Waals surface area contributed by atoms with Gasteiger partial charge in [0.15, 0.2) is 0 Å². The Kier molecular flexibility index (Phi) is 3.61. The summed E-state index contributed by atoms with van der Waals surface area (Å²) < 4.78 is 13.3. The molecule has 1 amide bonds. The van der Waals surface area contributed by atoms with Gasteiger partial charge in [0.05, 0.1) is 16.6 Å². The molecular weight excluding hydrogens is 314 g/mol. The third-order valence-corrected chi connectivity index (χ3v) is 4.21. The second-order valence-electron chi connectivity index (χ2n) is 4.85. The topological polar surface area (TPSA) is 46.3 Å². The molecular formula is C15H11Cl2FN2O. The summed E-state index contributed by atoms with van der Waals surface area (Å²) >= 11 is 11.8. The number of fused-ring (bicyclic) bond motifs is 1. The zero-order chi connectivity index (χ0) is 15.1. The van der Waals surface area contributed by atoms with Crippen LogP contribution in [0.4, 0.5) is 10.1 Å². The van der Waals surface area contributed by atoms with Gasteiger partial charge in [0.2, 0.25) is 5.91 Å². The molecule has 0 radical (unpaired) electrons. The van der Waals surface area contributed by atoms with E-state index in [1.807, 2.05) is 0 Å². The molecule has 3 rings (SSSR count). The molecule has 0 spiro atoms. The first-order valence-electron chi connectivity index (χ1n) is 6.27. The SMILES string of the molecule is N[C@@H]1C(=O)N(Cc2ccc(Cl)c(Cl)c2)c2ccc(F)cc21. The Labute approximate surface area is 131 Å². The van der Waals surface area contributed by atoms with Crippen LogP contribution in [0.25, 0.3) is 0 Å². The van der Waals surface area contributed by atoms with Crippen LogP contribution in [0.5, 0.6) is 0 Å². The summed E-state index contributed by atoms with van der Waals surface area (Å²) in [6.45, 7) is 0.308. The van der Waals surface area contributed by atoms with Crippen LogP contribution in [0.15, 0.2) is 36.4 Å². The number of carbonyl (C=O) groups is 1. The van der Waals surface area contributed by atoms with Crippen molar-refractivity contribution in [1.29, 1.82) is 0 Å². The monoisotopic (exact) mass is 324 g/mol. The van der Waals surface area contributed by atoms with Gasteiger partial charge < -0.3 is 10.6 Å². The Balaban J connectivity index is 1.96. The summed E-state index contributed by atoms with van der Waals surface area (Å²) in [5, 5.41) is 0.872. The van der Waals surface area contributed by atoms with Crippen LogP contribution in [0.3, 0.4) is 0 Å². The summed E-state index contributed by atoms with van der Waals surface area (Å²) in [5.41, 5.74) is 7.80. The van der Waals surface area contributed by atoms with Crippen molar-refractivity contribution in [3.8, 4) is 0 Å². The minimum absolute atomic E-state index is 0.262. The number of hydrogen-bond donors (Lipinski definition) is 1. The number of halogens is 3. The van der Waals surface area contributed by atoms with Gasteiger partial charge in [-0.15, -0.1) is 0 Å². The Hall–Kier alpha value is -1.62. The maximum absolute atomic E-state index is 13.3. The van der Waals surface area contributed by atoms with Crippen molar-refractivity contribution in [3.63, 3.8) is 0 Å². The van der Waals surface area contributed by atoms with Crippen molar-refractivity contribution < 1.29 is 9.18 Å². The number of rotatable bonds is 2. The fraction of sp³-hybridized carbons (Fsp3) is 0.133.